The molecule has 1 amide bonds. The van der Waals surface area contributed by atoms with E-state index in [2.05, 4.69) is 16.5 Å². The van der Waals surface area contributed by atoms with Crippen molar-refractivity contribution in [3.8, 4) is 0 Å². The summed E-state index contributed by atoms with van der Waals surface area (Å²) >= 11 is 0. The van der Waals surface area contributed by atoms with Gasteiger partial charge in [-0.05, 0) is 69.4 Å². The zero-order chi connectivity index (χ0) is 19.6. The Morgan fingerprint density at radius 2 is 2.00 bits per heavy atom. The van der Waals surface area contributed by atoms with Crippen molar-refractivity contribution >= 4 is 23.6 Å². The average Bonchev–Trinajstić information content (AvgIpc) is 3.17. The van der Waals surface area contributed by atoms with Gasteiger partial charge in [0.15, 0.2) is 6.10 Å². The molecule has 1 aromatic heterocycles. The number of carbonyl (C=O) groups excluding carboxylic acids is 2. The van der Waals surface area contributed by atoms with Gasteiger partial charge in [-0.15, -0.1) is 0 Å². The monoisotopic (exact) mass is 367 g/mol. The molecule has 1 N–H and O–H groups in total. The van der Waals surface area contributed by atoms with Gasteiger partial charge in [0.25, 0.3) is 5.91 Å². The van der Waals surface area contributed by atoms with Crippen molar-refractivity contribution in [3.63, 3.8) is 0 Å². The number of anilines is 1. The molecule has 0 fully saturated rings. The third-order valence-electron chi connectivity index (χ3n) is 4.98. The minimum atomic E-state index is -0.883. The molecule has 27 heavy (non-hydrogen) atoms. The van der Waals surface area contributed by atoms with Gasteiger partial charge in [0, 0.05) is 30.1 Å². The standard InChI is InChI=1S/C21H25N3O3/c1-13-19(14(2)24(4)23-13)10-11-20(25)27-15(3)21(26)22-18-9-8-16-6-5-7-17(16)12-18/h8-12,15H,5-7H2,1-4H3,(H,22,26)/b11-10+/t15-/m1/s1. The molecule has 0 bridgehead atoms. The van der Waals surface area contributed by atoms with Crippen LogP contribution in [0, 0.1) is 13.8 Å². The molecule has 0 saturated heterocycles. The number of carbonyl (C=O) groups is 2. The summed E-state index contributed by atoms with van der Waals surface area (Å²) in [5, 5.41) is 7.12. The van der Waals surface area contributed by atoms with E-state index in [0.29, 0.717) is 0 Å². The van der Waals surface area contributed by atoms with E-state index in [1.807, 2.05) is 33.0 Å². The van der Waals surface area contributed by atoms with Crippen LogP contribution in [0.25, 0.3) is 6.08 Å². The Kier molecular flexibility index (Phi) is 5.44. The molecule has 6 nitrogen and oxygen atoms in total. The maximum Gasteiger partial charge on any atom is 0.331 e. The number of esters is 1. The lowest BCUT2D eigenvalue weighted by molar-refractivity contribution is -0.148. The Morgan fingerprint density at radius 1 is 1.26 bits per heavy atom. The number of nitrogens with zero attached hydrogens (tertiary/aromatic N) is 2. The van der Waals surface area contributed by atoms with Crippen molar-refractivity contribution in [2.24, 2.45) is 7.05 Å². The highest BCUT2D eigenvalue weighted by atomic mass is 16.5. The first-order valence-electron chi connectivity index (χ1n) is 9.16. The first-order valence-corrected chi connectivity index (χ1v) is 9.16. The van der Waals surface area contributed by atoms with Crippen LogP contribution in [0.2, 0.25) is 0 Å². The maximum absolute atomic E-state index is 12.3. The second-order valence-corrected chi connectivity index (χ2v) is 6.95. The first-order chi connectivity index (χ1) is 12.8. The van der Waals surface area contributed by atoms with Crippen LogP contribution in [0.4, 0.5) is 5.69 Å². The van der Waals surface area contributed by atoms with Crippen molar-refractivity contribution in [1.29, 1.82) is 0 Å². The van der Waals surface area contributed by atoms with Crippen LogP contribution in [0.1, 0.15) is 41.4 Å². The fraction of sp³-hybridized carbons (Fsp3) is 0.381. The third-order valence-corrected chi connectivity index (χ3v) is 4.98. The topological polar surface area (TPSA) is 73.2 Å². The molecule has 3 rings (SSSR count). The lowest BCUT2D eigenvalue weighted by Gasteiger charge is -2.13. The van der Waals surface area contributed by atoms with Crippen LogP contribution in [0.5, 0.6) is 0 Å². The largest absolute Gasteiger partial charge is 0.449 e. The van der Waals surface area contributed by atoms with Crippen molar-refractivity contribution in [2.45, 2.75) is 46.1 Å². The number of nitrogens with one attached hydrogen (secondary N) is 1. The van der Waals surface area contributed by atoms with Gasteiger partial charge in [0.2, 0.25) is 0 Å². The van der Waals surface area contributed by atoms with Crippen LogP contribution in [-0.2, 0) is 34.2 Å². The van der Waals surface area contributed by atoms with Crippen LogP contribution in [0.15, 0.2) is 24.3 Å². The molecule has 1 atom stereocenters. The smallest absolute Gasteiger partial charge is 0.331 e. The van der Waals surface area contributed by atoms with Crippen LogP contribution < -0.4 is 5.32 Å². The summed E-state index contributed by atoms with van der Waals surface area (Å²) in [6.07, 6.45) is 5.41. The number of ether oxygens (including phenoxy) is 1. The number of aromatic nitrogens is 2. The van der Waals surface area contributed by atoms with Crippen LogP contribution >= 0.6 is 0 Å². The van der Waals surface area contributed by atoms with Crippen molar-refractivity contribution in [2.75, 3.05) is 5.32 Å². The van der Waals surface area contributed by atoms with Crippen LogP contribution in [-0.4, -0.2) is 27.8 Å². The summed E-state index contributed by atoms with van der Waals surface area (Å²) in [6.45, 7) is 5.37. The van der Waals surface area contributed by atoms with Gasteiger partial charge in [0.1, 0.15) is 0 Å². The molecule has 1 aliphatic rings. The third kappa shape index (κ3) is 4.27. The van der Waals surface area contributed by atoms with Gasteiger partial charge < -0.3 is 10.1 Å². The van der Waals surface area contributed by atoms with E-state index < -0.39 is 12.1 Å². The molecule has 1 aliphatic carbocycles. The van der Waals surface area contributed by atoms with E-state index >= 15 is 0 Å². The summed E-state index contributed by atoms with van der Waals surface area (Å²) in [5.74, 6) is -0.905. The number of hydrogen-bond donors (Lipinski definition) is 1. The molecule has 0 spiro atoms. The molecule has 0 unspecified atom stereocenters. The maximum atomic E-state index is 12.3. The van der Waals surface area contributed by atoms with Gasteiger partial charge in [0.05, 0.1) is 5.69 Å². The summed E-state index contributed by atoms with van der Waals surface area (Å²) < 4.78 is 6.98. The Bertz CT molecular complexity index is 912. The summed E-state index contributed by atoms with van der Waals surface area (Å²) in [4.78, 5) is 24.4. The molecule has 1 heterocycles. The van der Waals surface area contributed by atoms with Crippen LogP contribution in [0.3, 0.4) is 0 Å². The Hall–Kier alpha value is -2.89. The van der Waals surface area contributed by atoms with E-state index in [9.17, 15) is 9.59 Å². The van der Waals surface area contributed by atoms with Gasteiger partial charge >= 0.3 is 5.97 Å². The Labute approximate surface area is 159 Å². The number of fused-ring (bicyclic) bond motifs is 1. The molecule has 0 aliphatic heterocycles. The molecule has 2 aromatic rings. The second-order valence-electron chi connectivity index (χ2n) is 6.95. The zero-order valence-electron chi connectivity index (χ0n) is 16.2. The summed E-state index contributed by atoms with van der Waals surface area (Å²) in [7, 11) is 1.85. The minimum absolute atomic E-state index is 0.344. The SMILES string of the molecule is Cc1nn(C)c(C)c1/C=C/C(=O)O[C@H](C)C(=O)Nc1ccc2c(c1)CCC2. The van der Waals surface area contributed by atoms with Crippen molar-refractivity contribution in [3.05, 3.63) is 52.4 Å². The number of hydrogen-bond acceptors (Lipinski definition) is 4. The number of aryl methyl sites for hydroxylation is 4. The summed E-state index contributed by atoms with van der Waals surface area (Å²) in [6, 6.07) is 5.95. The predicted molar refractivity (Wildman–Crippen MR) is 104 cm³/mol. The molecule has 1 aromatic carbocycles. The predicted octanol–water partition coefficient (Wildman–Crippen LogP) is 3.11. The number of amides is 1. The fourth-order valence-corrected chi connectivity index (χ4v) is 3.34. The quantitative estimate of drug-likeness (QED) is 0.651. The fourth-order valence-electron chi connectivity index (χ4n) is 3.34. The molecule has 0 radical (unpaired) electrons. The van der Waals surface area contributed by atoms with Crippen molar-refractivity contribution in [1.82, 2.24) is 9.78 Å². The Balaban J connectivity index is 1.57. The molecular formula is C21H25N3O3. The lowest BCUT2D eigenvalue weighted by atomic mass is 10.1. The lowest BCUT2D eigenvalue weighted by Crippen LogP contribution is -2.29. The highest BCUT2D eigenvalue weighted by molar-refractivity contribution is 5.96. The summed E-state index contributed by atoms with van der Waals surface area (Å²) in [5.41, 5.74) is 6.03. The van der Waals surface area contributed by atoms with E-state index in [4.69, 9.17) is 4.74 Å². The highest BCUT2D eigenvalue weighted by Gasteiger charge is 2.18. The van der Waals surface area contributed by atoms with E-state index in [0.717, 1.165) is 41.9 Å². The molecular weight excluding hydrogens is 342 g/mol. The zero-order valence-corrected chi connectivity index (χ0v) is 16.2. The highest BCUT2D eigenvalue weighted by Crippen LogP contribution is 2.25. The van der Waals surface area contributed by atoms with Gasteiger partial charge in [-0.2, -0.15) is 5.10 Å². The van der Waals surface area contributed by atoms with Gasteiger partial charge in [-0.1, -0.05) is 6.07 Å². The Morgan fingerprint density at radius 3 is 2.70 bits per heavy atom. The normalized spacial score (nSPS) is 14.2. The molecule has 142 valence electrons. The van der Waals surface area contributed by atoms with E-state index in [1.54, 1.807) is 17.7 Å². The molecule has 0 saturated carbocycles. The van der Waals surface area contributed by atoms with Crippen molar-refractivity contribution < 1.29 is 14.3 Å². The van der Waals surface area contributed by atoms with E-state index in [-0.39, 0.29) is 5.91 Å². The van der Waals surface area contributed by atoms with Gasteiger partial charge in [-0.25, -0.2) is 4.79 Å². The van der Waals surface area contributed by atoms with Gasteiger partial charge in [-0.3, -0.25) is 9.48 Å². The average molecular weight is 367 g/mol. The number of benzene rings is 1. The number of rotatable bonds is 5. The van der Waals surface area contributed by atoms with E-state index in [1.165, 1.54) is 17.2 Å². The first kappa shape index (κ1) is 18.9. The molecule has 6 heteroatoms. The minimum Gasteiger partial charge on any atom is -0.449 e. The second kappa shape index (κ2) is 7.78.